The summed E-state index contributed by atoms with van der Waals surface area (Å²) in [4.78, 5) is 15.7. The second-order valence-electron chi connectivity index (χ2n) is 6.98. The van der Waals surface area contributed by atoms with Gasteiger partial charge in [0, 0.05) is 11.8 Å². The minimum atomic E-state index is -0.549. The quantitative estimate of drug-likeness (QED) is 0.878. The monoisotopic (exact) mass is 324 g/mol. The fraction of sp³-hybridized carbons (Fsp3) is 0.333. The number of nitrogens with zero attached hydrogens (tertiary/aromatic N) is 1. The Hall–Kier alpha value is -2.18. The molecule has 1 aromatic heterocycles. The van der Waals surface area contributed by atoms with Gasteiger partial charge in [-0.25, -0.2) is 0 Å². The van der Waals surface area contributed by atoms with Gasteiger partial charge in [0.1, 0.15) is 5.69 Å². The molecule has 6 heteroatoms. The van der Waals surface area contributed by atoms with Crippen LogP contribution in [0.3, 0.4) is 0 Å². The summed E-state index contributed by atoms with van der Waals surface area (Å²) in [6, 6.07) is 11.3. The fourth-order valence-electron chi connectivity index (χ4n) is 2.67. The Morgan fingerprint density at radius 1 is 1.08 bits per heavy atom. The number of hydrogen-bond donors (Lipinski definition) is 1. The molecule has 1 aromatic carbocycles. The average molecular weight is 324 g/mol. The molecule has 0 saturated carbocycles. The zero-order chi connectivity index (χ0) is 17.5. The van der Waals surface area contributed by atoms with Gasteiger partial charge in [0.15, 0.2) is 0 Å². The number of carbonyl (C=O) groups excluding carboxylic acids is 1. The molecule has 24 heavy (non-hydrogen) atoms. The maximum Gasteiger partial charge on any atom is 0.494 e. The largest absolute Gasteiger partial charge is 0.494 e. The summed E-state index contributed by atoms with van der Waals surface area (Å²) in [7, 11) is -0.455. The van der Waals surface area contributed by atoms with Gasteiger partial charge in [-0.05, 0) is 44.8 Å². The van der Waals surface area contributed by atoms with Crippen LogP contribution < -0.4 is 11.2 Å². The van der Waals surface area contributed by atoms with Crippen LogP contribution in [0, 0.1) is 0 Å². The first-order chi connectivity index (χ1) is 11.2. The first-order valence-electron chi connectivity index (χ1n) is 7.92. The summed E-state index contributed by atoms with van der Waals surface area (Å²) in [5.41, 5.74) is 7.32. The number of amides is 1. The predicted octanol–water partition coefficient (Wildman–Crippen LogP) is 2.15. The van der Waals surface area contributed by atoms with Crippen molar-refractivity contribution < 1.29 is 14.1 Å². The highest BCUT2D eigenvalue weighted by atomic mass is 16.7. The van der Waals surface area contributed by atoms with Crippen LogP contribution in [0.4, 0.5) is 0 Å². The molecule has 1 amide bonds. The summed E-state index contributed by atoms with van der Waals surface area (Å²) in [5.74, 6) is -0.549. The van der Waals surface area contributed by atoms with Crippen molar-refractivity contribution in [3.63, 3.8) is 0 Å². The Kier molecular flexibility index (Phi) is 3.97. The molecule has 0 unspecified atom stereocenters. The first-order valence-corrected chi connectivity index (χ1v) is 7.92. The van der Waals surface area contributed by atoms with Gasteiger partial charge in [-0.15, -0.1) is 0 Å². The molecular weight excluding hydrogens is 303 g/mol. The smallest absolute Gasteiger partial charge is 0.399 e. The van der Waals surface area contributed by atoms with Crippen molar-refractivity contribution in [2.75, 3.05) is 0 Å². The van der Waals surface area contributed by atoms with E-state index in [-0.39, 0.29) is 5.69 Å². The lowest BCUT2D eigenvalue weighted by molar-refractivity contribution is 0.00578. The van der Waals surface area contributed by atoms with Gasteiger partial charge in [-0.3, -0.25) is 9.78 Å². The molecule has 1 aliphatic heterocycles. The molecule has 1 aliphatic rings. The number of aromatic nitrogens is 1. The van der Waals surface area contributed by atoms with E-state index in [0.717, 1.165) is 11.0 Å². The van der Waals surface area contributed by atoms with E-state index in [1.54, 1.807) is 12.3 Å². The fourth-order valence-corrected chi connectivity index (χ4v) is 2.67. The van der Waals surface area contributed by atoms with Crippen molar-refractivity contribution in [1.82, 2.24) is 4.98 Å². The van der Waals surface area contributed by atoms with Crippen LogP contribution in [0.25, 0.3) is 11.1 Å². The molecule has 2 aromatic rings. The van der Waals surface area contributed by atoms with E-state index >= 15 is 0 Å². The van der Waals surface area contributed by atoms with Gasteiger partial charge in [0.25, 0.3) is 5.91 Å². The van der Waals surface area contributed by atoms with Gasteiger partial charge in [-0.2, -0.15) is 0 Å². The van der Waals surface area contributed by atoms with E-state index in [2.05, 4.69) is 4.98 Å². The molecule has 2 N–H and O–H groups in total. The van der Waals surface area contributed by atoms with E-state index in [9.17, 15) is 4.79 Å². The molecule has 124 valence electrons. The van der Waals surface area contributed by atoms with E-state index < -0.39 is 24.2 Å². The summed E-state index contributed by atoms with van der Waals surface area (Å²) >= 11 is 0. The van der Waals surface area contributed by atoms with Crippen molar-refractivity contribution in [2.24, 2.45) is 5.73 Å². The predicted molar refractivity (Wildman–Crippen MR) is 93.9 cm³/mol. The lowest BCUT2D eigenvalue weighted by Gasteiger charge is -2.32. The highest BCUT2D eigenvalue weighted by Crippen LogP contribution is 2.36. The molecule has 0 aliphatic carbocycles. The molecular formula is C18H21BN2O3. The SMILES string of the molecule is CC1(C)OB(c2cccc(-c3cccnc3C(N)=O)c2)OC1(C)C. The highest BCUT2D eigenvalue weighted by molar-refractivity contribution is 6.62. The number of primary amides is 1. The van der Waals surface area contributed by atoms with E-state index in [0.29, 0.717) is 5.56 Å². The van der Waals surface area contributed by atoms with E-state index in [1.165, 1.54) is 0 Å². The molecule has 2 heterocycles. The van der Waals surface area contributed by atoms with Gasteiger partial charge in [0.2, 0.25) is 0 Å². The second-order valence-corrected chi connectivity index (χ2v) is 6.98. The number of carbonyl (C=O) groups is 1. The molecule has 3 rings (SSSR count). The van der Waals surface area contributed by atoms with Crippen LogP contribution in [0.2, 0.25) is 0 Å². The molecule has 0 radical (unpaired) electrons. The topological polar surface area (TPSA) is 74.4 Å². The highest BCUT2D eigenvalue weighted by Gasteiger charge is 2.51. The number of nitrogens with two attached hydrogens (primary N) is 1. The molecule has 0 atom stereocenters. The molecule has 5 nitrogen and oxygen atoms in total. The number of hydrogen-bond acceptors (Lipinski definition) is 4. The van der Waals surface area contributed by atoms with Crippen molar-refractivity contribution in [3.8, 4) is 11.1 Å². The number of rotatable bonds is 3. The standard InChI is InChI=1S/C18H21BN2O3/c1-17(2)18(3,4)24-19(23-17)13-8-5-7-12(11-13)14-9-6-10-21-15(14)16(20)22/h5-11H,1-4H3,(H2,20,22). The van der Waals surface area contributed by atoms with Gasteiger partial charge in [-0.1, -0.05) is 30.3 Å². The van der Waals surface area contributed by atoms with Crippen molar-refractivity contribution in [1.29, 1.82) is 0 Å². The van der Waals surface area contributed by atoms with Crippen molar-refractivity contribution >= 4 is 18.5 Å². The zero-order valence-corrected chi connectivity index (χ0v) is 14.4. The molecule has 0 spiro atoms. The van der Waals surface area contributed by atoms with Crippen LogP contribution in [0.1, 0.15) is 38.2 Å². The maximum absolute atomic E-state index is 11.6. The first kappa shape index (κ1) is 16.7. The Labute approximate surface area is 142 Å². The van der Waals surface area contributed by atoms with Crippen molar-refractivity contribution in [3.05, 3.63) is 48.3 Å². The average Bonchev–Trinajstić information content (AvgIpc) is 2.75. The molecule has 1 fully saturated rings. The maximum atomic E-state index is 11.6. The van der Waals surface area contributed by atoms with Gasteiger partial charge >= 0.3 is 7.12 Å². The normalized spacial score (nSPS) is 18.6. The Morgan fingerprint density at radius 3 is 2.38 bits per heavy atom. The minimum absolute atomic E-state index is 0.253. The van der Waals surface area contributed by atoms with Crippen molar-refractivity contribution in [2.45, 2.75) is 38.9 Å². The van der Waals surface area contributed by atoms with E-state index in [1.807, 2.05) is 58.0 Å². The van der Waals surface area contributed by atoms with Crippen LogP contribution in [-0.4, -0.2) is 29.2 Å². The minimum Gasteiger partial charge on any atom is -0.399 e. The summed E-state index contributed by atoms with van der Waals surface area (Å²) in [5, 5.41) is 0. The number of benzene rings is 1. The summed E-state index contributed by atoms with van der Waals surface area (Å²) < 4.78 is 12.2. The summed E-state index contributed by atoms with van der Waals surface area (Å²) in [6.07, 6.45) is 1.56. The molecule has 1 saturated heterocycles. The van der Waals surface area contributed by atoms with E-state index in [4.69, 9.17) is 15.0 Å². The zero-order valence-electron chi connectivity index (χ0n) is 14.4. The third-order valence-electron chi connectivity index (χ3n) is 4.76. The van der Waals surface area contributed by atoms with Gasteiger partial charge in [0.05, 0.1) is 11.2 Å². The Balaban J connectivity index is 1.99. The molecule has 0 bridgehead atoms. The third kappa shape index (κ3) is 2.83. The summed E-state index contributed by atoms with van der Waals surface area (Å²) in [6.45, 7) is 8.07. The second kappa shape index (κ2) is 5.72. The Bertz CT molecular complexity index is 773. The van der Waals surface area contributed by atoms with Crippen LogP contribution in [0.15, 0.2) is 42.6 Å². The third-order valence-corrected chi connectivity index (χ3v) is 4.76. The van der Waals surface area contributed by atoms with Crippen LogP contribution >= 0.6 is 0 Å². The lowest BCUT2D eigenvalue weighted by Crippen LogP contribution is -2.41. The lowest BCUT2D eigenvalue weighted by atomic mass is 9.78. The van der Waals surface area contributed by atoms with Crippen LogP contribution in [0.5, 0.6) is 0 Å². The van der Waals surface area contributed by atoms with Crippen LogP contribution in [-0.2, 0) is 9.31 Å². The Morgan fingerprint density at radius 2 is 1.75 bits per heavy atom. The number of pyridine rings is 1. The van der Waals surface area contributed by atoms with Gasteiger partial charge < -0.3 is 15.0 Å².